The van der Waals surface area contributed by atoms with Gasteiger partial charge >= 0.3 is 11.9 Å². The fraction of sp³-hybridized carbons (Fsp3) is 0.273. The molecule has 4 nitrogen and oxygen atoms in total. The van der Waals surface area contributed by atoms with Crippen molar-refractivity contribution >= 4 is 11.9 Å². The van der Waals surface area contributed by atoms with Crippen molar-refractivity contribution in [1.29, 1.82) is 0 Å². The van der Waals surface area contributed by atoms with E-state index in [1.165, 1.54) is 6.92 Å². The van der Waals surface area contributed by atoms with Gasteiger partial charge in [0.15, 0.2) is 0 Å². The molecule has 0 radical (unpaired) electrons. The third-order valence-corrected chi connectivity index (χ3v) is 1.43. The highest BCUT2D eigenvalue weighted by Crippen LogP contribution is 1.93. The molecule has 0 aromatic carbocycles. The number of carboxylic acids is 1. The van der Waals surface area contributed by atoms with Gasteiger partial charge in [-0.3, -0.25) is 0 Å². The van der Waals surface area contributed by atoms with E-state index >= 15 is 0 Å². The standard InChI is InChI=1S/C11H14O4/c1-3-4-5-6-7-15-10(12)8-9(2)11(13)14/h3-6,8H,7H2,1-2H3,(H,13,14)/b4-3+,6-5+,9-8-. The maximum absolute atomic E-state index is 11.0. The van der Waals surface area contributed by atoms with Crippen LogP contribution in [0.4, 0.5) is 0 Å². The van der Waals surface area contributed by atoms with E-state index in [2.05, 4.69) is 0 Å². The fourth-order valence-corrected chi connectivity index (χ4v) is 0.656. The van der Waals surface area contributed by atoms with Gasteiger partial charge in [0.05, 0.1) is 0 Å². The Kier molecular flexibility index (Phi) is 6.63. The van der Waals surface area contributed by atoms with E-state index in [0.29, 0.717) is 0 Å². The van der Waals surface area contributed by atoms with Gasteiger partial charge in [-0.2, -0.15) is 0 Å². The van der Waals surface area contributed by atoms with Gasteiger partial charge in [-0.25, -0.2) is 9.59 Å². The Morgan fingerprint density at radius 2 is 2.00 bits per heavy atom. The monoisotopic (exact) mass is 210 g/mol. The molecule has 0 fully saturated rings. The van der Waals surface area contributed by atoms with Crippen molar-refractivity contribution in [2.45, 2.75) is 13.8 Å². The summed E-state index contributed by atoms with van der Waals surface area (Å²) in [5.41, 5.74) is -0.0440. The van der Waals surface area contributed by atoms with Gasteiger partial charge in [0.1, 0.15) is 6.61 Å². The van der Waals surface area contributed by atoms with Crippen LogP contribution >= 0.6 is 0 Å². The highest BCUT2D eigenvalue weighted by atomic mass is 16.5. The van der Waals surface area contributed by atoms with Gasteiger partial charge in [0, 0.05) is 11.6 Å². The van der Waals surface area contributed by atoms with Gasteiger partial charge in [-0.05, 0) is 19.9 Å². The molecule has 0 aliphatic heterocycles. The van der Waals surface area contributed by atoms with Crippen LogP contribution in [-0.4, -0.2) is 23.7 Å². The molecule has 0 saturated carbocycles. The first-order valence-corrected chi connectivity index (χ1v) is 4.44. The lowest BCUT2D eigenvalue weighted by Gasteiger charge is -1.96. The summed E-state index contributed by atoms with van der Waals surface area (Å²) >= 11 is 0. The summed E-state index contributed by atoms with van der Waals surface area (Å²) in [4.78, 5) is 21.3. The minimum atomic E-state index is -1.13. The molecular formula is C11H14O4. The van der Waals surface area contributed by atoms with E-state index in [4.69, 9.17) is 9.84 Å². The summed E-state index contributed by atoms with van der Waals surface area (Å²) < 4.78 is 4.71. The molecule has 1 N–H and O–H groups in total. The van der Waals surface area contributed by atoms with E-state index in [-0.39, 0.29) is 12.2 Å². The van der Waals surface area contributed by atoms with Gasteiger partial charge < -0.3 is 9.84 Å². The SMILES string of the molecule is C/C=C/C=C/COC(=O)/C=C(/C)C(=O)O. The number of carbonyl (C=O) groups excluding carboxylic acids is 1. The highest BCUT2D eigenvalue weighted by molar-refractivity contribution is 5.94. The lowest BCUT2D eigenvalue weighted by molar-refractivity contribution is -0.138. The average molecular weight is 210 g/mol. The second kappa shape index (κ2) is 7.55. The molecule has 0 amide bonds. The lowest BCUT2D eigenvalue weighted by atomic mass is 10.3. The van der Waals surface area contributed by atoms with Crippen LogP contribution in [0.1, 0.15) is 13.8 Å². The Bertz CT molecular complexity index is 311. The molecule has 0 aromatic rings. The lowest BCUT2D eigenvalue weighted by Crippen LogP contribution is -2.05. The third-order valence-electron chi connectivity index (χ3n) is 1.43. The molecule has 0 aliphatic carbocycles. The third kappa shape index (κ3) is 7.25. The Labute approximate surface area is 88.6 Å². The van der Waals surface area contributed by atoms with Gasteiger partial charge in [0.2, 0.25) is 0 Å². The average Bonchev–Trinajstić information content (AvgIpc) is 2.17. The maximum atomic E-state index is 11.0. The van der Waals surface area contributed by atoms with Crippen LogP contribution in [0.2, 0.25) is 0 Å². The van der Waals surface area contributed by atoms with Crippen molar-refractivity contribution in [3.05, 3.63) is 36.0 Å². The summed E-state index contributed by atoms with van der Waals surface area (Å²) in [6, 6.07) is 0. The molecule has 0 atom stereocenters. The summed E-state index contributed by atoms with van der Waals surface area (Å²) in [6.07, 6.45) is 7.98. The highest BCUT2D eigenvalue weighted by Gasteiger charge is 2.03. The molecule has 0 saturated heterocycles. The molecule has 0 spiro atoms. The minimum absolute atomic E-state index is 0.0440. The van der Waals surface area contributed by atoms with Crippen LogP contribution in [0.15, 0.2) is 36.0 Å². The van der Waals surface area contributed by atoms with Crippen LogP contribution in [0.3, 0.4) is 0 Å². The summed E-state index contributed by atoms with van der Waals surface area (Å²) in [7, 11) is 0. The largest absolute Gasteiger partial charge is 0.478 e. The summed E-state index contributed by atoms with van der Waals surface area (Å²) in [5, 5.41) is 8.47. The number of allylic oxidation sites excluding steroid dienone is 3. The van der Waals surface area contributed by atoms with Crippen LogP contribution in [0, 0.1) is 0 Å². The van der Waals surface area contributed by atoms with E-state index in [1.807, 2.05) is 13.0 Å². The van der Waals surface area contributed by atoms with Gasteiger partial charge in [-0.15, -0.1) is 0 Å². The number of rotatable bonds is 5. The van der Waals surface area contributed by atoms with Crippen molar-refractivity contribution in [2.75, 3.05) is 6.61 Å². The summed E-state index contributed by atoms with van der Waals surface area (Å²) in [5.74, 6) is -1.78. The molecule has 0 unspecified atom stereocenters. The molecule has 0 bridgehead atoms. The number of aliphatic carboxylic acids is 1. The zero-order valence-corrected chi connectivity index (χ0v) is 8.77. The predicted octanol–water partition coefficient (Wildman–Crippen LogP) is 1.69. The van der Waals surface area contributed by atoms with Crippen molar-refractivity contribution < 1.29 is 19.4 Å². The number of esters is 1. The van der Waals surface area contributed by atoms with E-state index < -0.39 is 11.9 Å². The number of carboxylic acid groups (broad SMARTS) is 1. The molecule has 0 rings (SSSR count). The number of hydrogen-bond donors (Lipinski definition) is 1. The summed E-state index contributed by atoms with van der Waals surface area (Å²) in [6.45, 7) is 3.33. The molecule has 0 aliphatic rings. The molecule has 15 heavy (non-hydrogen) atoms. The zero-order chi connectivity index (χ0) is 11.7. The van der Waals surface area contributed by atoms with E-state index in [1.54, 1.807) is 18.2 Å². The first kappa shape index (κ1) is 13.2. The normalized spacial score (nSPS) is 12.3. The molecule has 0 aromatic heterocycles. The van der Waals surface area contributed by atoms with Gasteiger partial charge in [0.25, 0.3) is 0 Å². The molecule has 82 valence electrons. The first-order valence-electron chi connectivity index (χ1n) is 4.44. The molecule has 0 heterocycles. The van der Waals surface area contributed by atoms with Crippen molar-refractivity contribution in [2.24, 2.45) is 0 Å². The Hall–Kier alpha value is -1.84. The second-order valence-electron chi connectivity index (χ2n) is 2.72. The fourth-order valence-electron chi connectivity index (χ4n) is 0.656. The van der Waals surface area contributed by atoms with Crippen LogP contribution in [0.25, 0.3) is 0 Å². The smallest absolute Gasteiger partial charge is 0.331 e. The maximum Gasteiger partial charge on any atom is 0.331 e. The van der Waals surface area contributed by atoms with Crippen LogP contribution in [0.5, 0.6) is 0 Å². The van der Waals surface area contributed by atoms with Crippen molar-refractivity contribution in [1.82, 2.24) is 0 Å². The minimum Gasteiger partial charge on any atom is -0.478 e. The predicted molar refractivity (Wildman–Crippen MR) is 56.3 cm³/mol. The van der Waals surface area contributed by atoms with Crippen molar-refractivity contribution in [3.63, 3.8) is 0 Å². The topological polar surface area (TPSA) is 63.6 Å². The molecule has 4 heteroatoms. The number of hydrogen-bond acceptors (Lipinski definition) is 3. The van der Waals surface area contributed by atoms with Gasteiger partial charge in [-0.1, -0.05) is 18.2 Å². The Morgan fingerprint density at radius 1 is 1.33 bits per heavy atom. The first-order chi connectivity index (χ1) is 7.07. The number of carbonyl (C=O) groups is 2. The second-order valence-corrected chi connectivity index (χ2v) is 2.72. The van der Waals surface area contributed by atoms with Crippen molar-refractivity contribution in [3.8, 4) is 0 Å². The zero-order valence-electron chi connectivity index (χ0n) is 8.77. The Balaban J connectivity index is 3.95. The quantitative estimate of drug-likeness (QED) is 0.426. The molecular weight excluding hydrogens is 196 g/mol. The van der Waals surface area contributed by atoms with Crippen LogP contribution in [-0.2, 0) is 14.3 Å². The number of ether oxygens (including phenoxy) is 1. The van der Waals surface area contributed by atoms with E-state index in [0.717, 1.165) is 6.08 Å². The Morgan fingerprint density at radius 3 is 2.53 bits per heavy atom. The van der Waals surface area contributed by atoms with Crippen LogP contribution < -0.4 is 0 Å². The van der Waals surface area contributed by atoms with E-state index in [9.17, 15) is 9.59 Å².